The first-order valence-corrected chi connectivity index (χ1v) is 9.32. The summed E-state index contributed by atoms with van der Waals surface area (Å²) >= 11 is 0. The third-order valence-corrected chi connectivity index (χ3v) is 5.72. The number of fused-ring (bicyclic) bond motifs is 1. The molecule has 29 heavy (non-hydrogen) atoms. The summed E-state index contributed by atoms with van der Waals surface area (Å²) in [6, 6.07) is 21.4. The standard InChI is InChI=1S/C16H13.C10H15.2ClH.Zr/c1-12-15-10-6-5-9-14(15)11-16(12)13-7-3-2-4-8-13;1-7-6-10(4,5)9(3)8(7)2;;;/h2-11H,1H3;1-5H3;2*1H;/q2*-1;;;+2. The van der Waals surface area contributed by atoms with Crippen molar-refractivity contribution in [2.24, 2.45) is 5.41 Å². The number of hydrogen-bond donors (Lipinski definition) is 0. The van der Waals surface area contributed by atoms with Crippen molar-refractivity contribution in [3.05, 3.63) is 89.0 Å². The molecule has 0 heterocycles. The van der Waals surface area contributed by atoms with Crippen molar-refractivity contribution in [2.75, 3.05) is 0 Å². The van der Waals surface area contributed by atoms with Gasteiger partial charge in [0.05, 0.1) is 0 Å². The zero-order valence-electron chi connectivity index (χ0n) is 18.1. The minimum absolute atomic E-state index is 0. The van der Waals surface area contributed by atoms with Crippen LogP contribution in [0.3, 0.4) is 0 Å². The second kappa shape index (κ2) is 11.4. The maximum atomic E-state index is 3.44. The van der Waals surface area contributed by atoms with Crippen LogP contribution in [-0.4, -0.2) is 0 Å². The average Bonchev–Trinajstić information content (AvgIpc) is 3.06. The molecule has 0 amide bonds. The summed E-state index contributed by atoms with van der Waals surface area (Å²) in [6.45, 7) is 13.1. The first-order valence-electron chi connectivity index (χ1n) is 9.32. The number of hydrogen-bond acceptors (Lipinski definition) is 0. The predicted octanol–water partition coefficient (Wildman–Crippen LogP) is 8.49. The van der Waals surface area contributed by atoms with Gasteiger partial charge in [0.1, 0.15) is 0 Å². The monoisotopic (exact) mass is 502 g/mol. The van der Waals surface area contributed by atoms with E-state index in [1.54, 1.807) is 0 Å². The Labute approximate surface area is 207 Å². The SMILES string of the molecule is CC1=[C-]C(C)(C)C(C)=C1C.C[c-]1c(-c2ccccc2)cc2ccccc21.Cl.Cl.[Zr+2]. The van der Waals surface area contributed by atoms with Gasteiger partial charge in [-0.15, -0.1) is 65.8 Å². The molecule has 0 radical (unpaired) electrons. The molecule has 0 aromatic heterocycles. The molecule has 1 aliphatic rings. The molecule has 3 aromatic rings. The van der Waals surface area contributed by atoms with Crippen LogP contribution >= 0.6 is 24.8 Å². The number of allylic oxidation sites excluding steroid dienone is 4. The molecule has 0 spiro atoms. The Bertz CT molecular complexity index is 992. The van der Waals surface area contributed by atoms with Gasteiger partial charge in [-0.25, -0.2) is 5.57 Å². The molecule has 0 nitrogen and oxygen atoms in total. The van der Waals surface area contributed by atoms with Crippen molar-refractivity contribution in [1.82, 2.24) is 0 Å². The Balaban J connectivity index is 0.000000535. The van der Waals surface area contributed by atoms with E-state index in [2.05, 4.69) is 108 Å². The average molecular weight is 505 g/mol. The summed E-state index contributed by atoms with van der Waals surface area (Å²) < 4.78 is 0. The van der Waals surface area contributed by atoms with Gasteiger partial charge >= 0.3 is 26.2 Å². The molecule has 0 atom stereocenters. The van der Waals surface area contributed by atoms with E-state index in [4.69, 9.17) is 0 Å². The summed E-state index contributed by atoms with van der Waals surface area (Å²) in [7, 11) is 0. The van der Waals surface area contributed by atoms with E-state index in [1.807, 2.05) is 0 Å². The van der Waals surface area contributed by atoms with Crippen LogP contribution in [0.5, 0.6) is 0 Å². The van der Waals surface area contributed by atoms with Gasteiger partial charge in [-0.3, -0.25) is 6.08 Å². The van der Waals surface area contributed by atoms with E-state index in [9.17, 15) is 0 Å². The Morgan fingerprint density at radius 2 is 1.38 bits per heavy atom. The fourth-order valence-corrected chi connectivity index (χ4v) is 3.70. The molecular formula is C26H30Cl2Zr. The van der Waals surface area contributed by atoms with Gasteiger partial charge in [0, 0.05) is 0 Å². The summed E-state index contributed by atoms with van der Waals surface area (Å²) in [5, 5.41) is 2.69. The first-order chi connectivity index (χ1) is 12.3. The Kier molecular flexibility index (Phi) is 11.0. The summed E-state index contributed by atoms with van der Waals surface area (Å²) in [4.78, 5) is 0. The quantitative estimate of drug-likeness (QED) is 0.292. The molecule has 0 saturated carbocycles. The van der Waals surface area contributed by atoms with Crippen LogP contribution in [0.4, 0.5) is 0 Å². The van der Waals surface area contributed by atoms with Gasteiger partial charge in [0.2, 0.25) is 0 Å². The molecule has 3 aromatic carbocycles. The zero-order valence-corrected chi connectivity index (χ0v) is 22.2. The summed E-state index contributed by atoms with van der Waals surface area (Å²) in [6.07, 6.45) is 3.44. The van der Waals surface area contributed by atoms with Crippen molar-refractivity contribution in [2.45, 2.75) is 41.5 Å². The summed E-state index contributed by atoms with van der Waals surface area (Å²) in [5.41, 5.74) is 8.42. The van der Waals surface area contributed by atoms with Crippen LogP contribution < -0.4 is 0 Å². The fourth-order valence-electron chi connectivity index (χ4n) is 3.70. The van der Waals surface area contributed by atoms with Crippen LogP contribution in [0, 0.1) is 18.4 Å². The second-order valence-corrected chi connectivity index (χ2v) is 7.76. The van der Waals surface area contributed by atoms with Crippen LogP contribution in [0.1, 0.15) is 40.2 Å². The van der Waals surface area contributed by atoms with Gasteiger partial charge in [0.25, 0.3) is 0 Å². The maximum absolute atomic E-state index is 3.44. The summed E-state index contributed by atoms with van der Waals surface area (Å²) in [5.74, 6) is 0. The van der Waals surface area contributed by atoms with Crippen LogP contribution in [0.25, 0.3) is 21.9 Å². The normalized spacial score (nSPS) is 14.1. The van der Waals surface area contributed by atoms with E-state index in [0.717, 1.165) is 0 Å². The van der Waals surface area contributed by atoms with Gasteiger partial charge in [0.15, 0.2) is 0 Å². The number of halogens is 2. The maximum Gasteiger partial charge on any atom is 2.00 e. The Morgan fingerprint density at radius 3 is 1.83 bits per heavy atom. The van der Waals surface area contributed by atoms with Crippen LogP contribution in [0.15, 0.2) is 77.4 Å². The topological polar surface area (TPSA) is 0 Å². The molecule has 0 fully saturated rings. The van der Waals surface area contributed by atoms with Crippen molar-refractivity contribution in [1.29, 1.82) is 0 Å². The minimum atomic E-state index is 0. The molecule has 0 N–H and O–H groups in total. The van der Waals surface area contributed by atoms with Gasteiger partial charge < -0.3 is 0 Å². The zero-order chi connectivity index (χ0) is 18.9. The van der Waals surface area contributed by atoms with E-state index >= 15 is 0 Å². The molecule has 3 heteroatoms. The Morgan fingerprint density at radius 1 is 0.828 bits per heavy atom. The number of aryl methyl sites for hydroxylation is 1. The molecule has 0 aliphatic heterocycles. The molecule has 0 saturated heterocycles. The van der Waals surface area contributed by atoms with Gasteiger partial charge in [-0.1, -0.05) is 94.1 Å². The van der Waals surface area contributed by atoms with Crippen molar-refractivity contribution in [3.8, 4) is 11.1 Å². The molecule has 152 valence electrons. The van der Waals surface area contributed by atoms with E-state index in [1.165, 1.54) is 44.2 Å². The van der Waals surface area contributed by atoms with Gasteiger partial charge in [-0.05, 0) is 0 Å². The predicted molar refractivity (Wildman–Crippen MR) is 129 cm³/mol. The van der Waals surface area contributed by atoms with E-state index < -0.39 is 0 Å². The molecule has 4 rings (SSSR count). The molecule has 1 aliphatic carbocycles. The largest absolute Gasteiger partial charge is 2.00 e. The fraction of sp³-hybridized carbons (Fsp3) is 0.269. The van der Waals surface area contributed by atoms with E-state index in [-0.39, 0.29) is 56.4 Å². The molecule has 0 unspecified atom stereocenters. The smallest absolute Gasteiger partial charge is 0.263 e. The molecular weight excluding hydrogens is 474 g/mol. The van der Waals surface area contributed by atoms with Crippen molar-refractivity contribution >= 4 is 35.6 Å². The first kappa shape index (κ1) is 28.0. The van der Waals surface area contributed by atoms with Crippen LogP contribution in [-0.2, 0) is 26.2 Å². The molecule has 0 bridgehead atoms. The number of benzene rings is 2. The minimum Gasteiger partial charge on any atom is -0.263 e. The third-order valence-electron chi connectivity index (χ3n) is 5.72. The second-order valence-electron chi connectivity index (χ2n) is 7.76. The number of rotatable bonds is 1. The van der Waals surface area contributed by atoms with Crippen molar-refractivity contribution in [3.63, 3.8) is 0 Å². The third kappa shape index (κ3) is 6.00. The van der Waals surface area contributed by atoms with E-state index in [0.29, 0.717) is 0 Å². The van der Waals surface area contributed by atoms with Crippen LogP contribution in [0.2, 0.25) is 0 Å². The van der Waals surface area contributed by atoms with Crippen molar-refractivity contribution < 1.29 is 26.2 Å². The Hall–Kier alpha value is -1.01. The van der Waals surface area contributed by atoms with Gasteiger partial charge in [-0.2, -0.15) is 11.1 Å².